The van der Waals surface area contributed by atoms with Crippen molar-refractivity contribution in [1.82, 2.24) is 10.2 Å². The highest BCUT2D eigenvalue weighted by molar-refractivity contribution is 5.82. The van der Waals surface area contributed by atoms with E-state index in [2.05, 4.69) is 10.2 Å². The second kappa shape index (κ2) is 6.02. The lowest BCUT2D eigenvalue weighted by Gasteiger charge is -2.38. The molecule has 1 aliphatic carbocycles. The molecule has 0 radical (unpaired) electrons. The van der Waals surface area contributed by atoms with E-state index in [9.17, 15) is 4.79 Å². The normalized spacial score (nSPS) is 28.2. The van der Waals surface area contributed by atoms with Crippen LogP contribution in [0.25, 0.3) is 0 Å². The van der Waals surface area contributed by atoms with Gasteiger partial charge in [0.05, 0.1) is 18.2 Å². The quantitative estimate of drug-likeness (QED) is 0.827. The van der Waals surface area contributed by atoms with E-state index in [1.54, 1.807) is 7.11 Å². The van der Waals surface area contributed by atoms with Gasteiger partial charge >= 0.3 is 0 Å². The Labute approximate surface area is 110 Å². The SMILES string of the molecule is COCC1(NC(=O)[C@@H]2CCCN2C)CCCCC1. The molecule has 1 aliphatic heterocycles. The molecule has 1 saturated heterocycles. The fourth-order valence-corrected chi connectivity index (χ4v) is 3.40. The highest BCUT2D eigenvalue weighted by Crippen LogP contribution is 2.29. The predicted molar refractivity (Wildman–Crippen MR) is 71.5 cm³/mol. The van der Waals surface area contributed by atoms with Gasteiger partial charge in [0.1, 0.15) is 0 Å². The molecule has 1 saturated carbocycles. The average Bonchev–Trinajstić information content (AvgIpc) is 2.77. The number of likely N-dealkylation sites (N-methyl/N-ethyl adjacent to an activating group) is 1. The maximum Gasteiger partial charge on any atom is 0.237 e. The number of amides is 1. The predicted octanol–water partition coefficient (Wildman–Crippen LogP) is 1.55. The van der Waals surface area contributed by atoms with Gasteiger partial charge in [0, 0.05) is 7.11 Å². The summed E-state index contributed by atoms with van der Waals surface area (Å²) in [6.45, 7) is 1.69. The van der Waals surface area contributed by atoms with Gasteiger partial charge in [-0.15, -0.1) is 0 Å². The molecule has 0 aromatic carbocycles. The topological polar surface area (TPSA) is 41.6 Å². The maximum atomic E-state index is 12.4. The molecule has 2 fully saturated rings. The number of hydrogen-bond donors (Lipinski definition) is 1. The van der Waals surface area contributed by atoms with E-state index in [0.29, 0.717) is 6.61 Å². The Morgan fingerprint density at radius 1 is 1.33 bits per heavy atom. The fraction of sp³-hybridized carbons (Fsp3) is 0.929. The first-order chi connectivity index (χ1) is 8.67. The minimum atomic E-state index is -0.104. The monoisotopic (exact) mass is 254 g/mol. The summed E-state index contributed by atoms with van der Waals surface area (Å²) in [5.74, 6) is 0.203. The van der Waals surface area contributed by atoms with Crippen LogP contribution < -0.4 is 5.32 Å². The molecular weight excluding hydrogens is 228 g/mol. The Hall–Kier alpha value is -0.610. The molecule has 104 valence electrons. The van der Waals surface area contributed by atoms with Crippen molar-refractivity contribution in [3.8, 4) is 0 Å². The Morgan fingerprint density at radius 3 is 2.61 bits per heavy atom. The third-order valence-electron chi connectivity index (χ3n) is 4.44. The summed E-state index contributed by atoms with van der Waals surface area (Å²) in [6.07, 6.45) is 7.92. The van der Waals surface area contributed by atoms with E-state index in [-0.39, 0.29) is 17.5 Å². The standard InChI is InChI=1S/C14H26N2O2/c1-16-10-6-7-12(16)13(17)15-14(11-18-2)8-4-3-5-9-14/h12H,3-11H2,1-2H3,(H,15,17)/t12-/m0/s1. The number of rotatable bonds is 4. The average molecular weight is 254 g/mol. The zero-order chi connectivity index (χ0) is 13.0. The lowest BCUT2D eigenvalue weighted by atomic mass is 9.82. The molecule has 0 aromatic rings. The first-order valence-electron chi connectivity index (χ1n) is 7.18. The van der Waals surface area contributed by atoms with Crippen molar-refractivity contribution >= 4 is 5.91 Å². The zero-order valence-corrected chi connectivity index (χ0v) is 11.7. The summed E-state index contributed by atoms with van der Waals surface area (Å²) in [7, 11) is 3.77. The fourth-order valence-electron chi connectivity index (χ4n) is 3.40. The smallest absolute Gasteiger partial charge is 0.237 e. The van der Waals surface area contributed by atoms with E-state index in [0.717, 1.165) is 32.2 Å². The van der Waals surface area contributed by atoms with Gasteiger partial charge in [-0.05, 0) is 39.3 Å². The summed E-state index contributed by atoms with van der Waals surface area (Å²) < 4.78 is 5.35. The summed E-state index contributed by atoms with van der Waals surface area (Å²) in [4.78, 5) is 14.6. The minimum absolute atomic E-state index is 0.0701. The molecule has 0 bridgehead atoms. The molecule has 1 heterocycles. The maximum absolute atomic E-state index is 12.4. The number of ether oxygens (including phenoxy) is 1. The van der Waals surface area contributed by atoms with Gasteiger partial charge in [-0.2, -0.15) is 0 Å². The van der Waals surface area contributed by atoms with Gasteiger partial charge in [0.2, 0.25) is 5.91 Å². The van der Waals surface area contributed by atoms with Gasteiger partial charge in [-0.3, -0.25) is 9.69 Å². The molecule has 1 amide bonds. The molecule has 1 N–H and O–H groups in total. The van der Waals surface area contributed by atoms with Crippen LogP contribution >= 0.6 is 0 Å². The number of hydrogen-bond acceptors (Lipinski definition) is 3. The van der Waals surface area contributed by atoms with Crippen LogP contribution in [-0.4, -0.2) is 49.7 Å². The lowest BCUT2D eigenvalue weighted by Crippen LogP contribution is -2.56. The number of carbonyl (C=O) groups is 1. The highest BCUT2D eigenvalue weighted by Gasteiger charge is 2.37. The summed E-state index contributed by atoms with van der Waals surface area (Å²) >= 11 is 0. The number of methoxy groups -OCH3 is 1. The Kier molecular flexibility index (Phi) is 4.62. The molecule has 2 rings (SSSR count). The van der Waals surface area contributed by atoms with Gasteiger partial charge in [0.15, 0.2) is 0 Å². The van der Waals surface area contributed by atoms with Gasteiger partial charge in [-0.25, -0.2) is 0 Å². The van der Waals surface area contributed by atoms with Gasteiger partial charge in [0.25, 0.3) is 0 Å². The highest BCUT2D eigenvalue weighted by atomic mass is 16.5. The Bertz CT molecular complexity index is 282. The molecule has 0 aromatic heterocycles. The minimum Gasteiger partial charge on any atom is -0.382 e. The van der Waals surface area contributed by atoms with Crippen LogP contribution in [0.5, 0.6) is 0 Å². The lowest BCUT2D eigenvalue weighted by molar-refractivity contribution is -0.128. The first-order valence-corrected chi connectivity index (χ1v) is 7.18. The van der Waals surface area contributed by atoms with E-state index in [1.807, 2.05) is 7.05 Å². The molecule has 1 atom stereocenters. The number of nitrogens with one attached hydrogen (secondary N) is 1. The zero-order valence-electron chi connectivity index (χ0n) is 11.7. The molecule has 4 heteroatoms. The van der Waals surface area contributed by atoms with E-state index in [4.69, 9.17) is 4.74 Å². The van der Waals surface area contributed by atoms with Crippen LogP contribution in [0, 0.1) is 0 Å². The number of carbonyl (C=O) groups excluding carboxylic acids is 1. The van der Waals surface area contributed by atoms with Gasteiger partial charge < -0.3 is 10.1 Å². The molecule has 0 unspecified atom stereocenters. The van der Waals surface area contributed by atoms with Crippen molar-refractivity contribution in [2.75, 3.05) is 27.3 Å². The van der Waals surface area contributed by atoms with Crippen LogP contribution in [0.2, 0.25) is 0 Å². The van der Waals surface area contributed by atoms with Crippen molar-refractivity contribution in [1.29, 1.82) is 0 Å². The summed E-state index contributed by atoms with van der Waals surface area (Å²) in [5, 5.41) is 3.30. The van der Waals surface area contributed by atoms with E-state index in [1.165, 1.54) is 19.3 Å². The van der Waals surface area contributed by atoms with Crippen LogP contribution in [0.15, 0.2) is 0 Å². The van der Waals surface area contributed by atoms with Crippen molar-refractivity contribution in [2.45, 2.75) is 56.5 Å². The third-order valence-corrected chi connectivity index (χ3v) is 4.44. The number of likely N-dealkylation sites (tertiary alicyclic amines) is 1. The second-order valence-electron chi connectivity index (χ2n) is 5.90. The van der Waals surface area contributed by atoms with Crippen molar-refractivity contribution in [3.05, 3.63) is 0 Å². The Morgan fingerprint density at radius 2 is 2.06 bits per heavy atom. The largest absolute Gasteiger partial charge is 0.382 e. The molecule has 18 heavy (non-hydrogen) atoms. The van der Waals surface area contributed by atoms with Crippen LogP contribution in [-0.2, 0) is 9.53 Å². The van der Waals surface area contributed by atoms with Crippen molar-refractivity contribution < 1.29 is 9.53 Å². The van der Waals surface area contributed by atoms with Crippen LogP contribution in [0.4, 0.5) is 0 Å². The second-order valence-corrected chi connectivity index (χ2v) is 5.90. The Balaban J connectivity index is 1.97. The number of nitrogens with zero attached hydrogens (tertiary/aromatic N) is 1. The molecular formula is C14H26N2O2. The molecule has 4 nitrogen and oxygen atoms in total. The third kappa shape index (κ3) is 3.04. The van der Waals surface area contributed by atoms with E-state index >= 15 is 0 Å². The van der Waals surface area contributed by atoms with E-state index < -0.39 is 0 Å². The van der Waals surface area contributed by atoms with Crippen LogP contribution in [0.1, 0.15) is 44.9 Å². The van der Waals surface area contributed by atoms with Gasteiger partial charge in [-0.1, -0.05) is 19.3 Å². The summed E-state index contributed by atoms with van der Waals surface area (Å²) in [5.41, 5.74) is -0.104. The molecule has 0 spiro atoms. The molecule has 2 aliphatic rings. The van der Waals surface area contributed by atoms with Crippen LogP contribution in [0.3, 0.4) is 0 Å². The van der Waals surface area contributed by atoms with Crippen molar-refractivity contribution in [3.63, 3.8) is 0 Å². The van der Waals surface area contributed by atoms with Crippen molar-refractivity contribution in [2.24, 2.45) is 0 Å². The summed E-state index contributed by atoms with van der Waals surface area (Å²) in [6, 6.07) is 0.0701. The first kappa shape index (κ1) is 13.8.